The first-order chi connectivity index (χ1) is 9.11. The topological polar surface area (TPSA) is 38.1 Å². The van der Waals surface area contributed by atoms with Crippen molar-refractivity contribution in [2.24, 2.45) is 0 Å². The maximum atomic E-state index is 5.84. The maximum Gasteiger partial charge on any atom is 0.208 e. The van der Waals surface area contributed by atoms with Gasteiger partial charge in [0.05, 0.1) is 12.7 Å². The Balaban J connectivity index is 2.23. The van der Waals surface area contributed by atoms with Gasteiger partial charge >= 0.3 is 0 Å². The molecule has 0 aliphatic carbocycles. The molecule has 19 heavy (non-hydrogen) atoms. The van der Waals surface area contributed by atoms with E-state index in [1.807, 2.05) is 6.20 Å². The van der Waals surface area contributed by atoms with E-state index in [1.54, 1.807) is 0 Å². The average molecular weight is 258 g/mol. The second kappa shape index (κ2) is 6.02. The Hall–Kier alpha value is -1.61. The van der Waals surface area contributed by atoms with Crippen LogP contribution in [0.3, 0.4) is 0 Å². The fourth-order valence-electron chi connectivity index (χ4n) is 2.45. The molecule has 0 saturated heterocycles. The summed E-state index contributed by atoms with van der Waals surface area (Å²) in [6.45, 7) is 10.2. The third kappa shape index (κ3) is 3.24. The Morgan fingerprint density at radius 2 is 1.84 bits per heavy atom. The van der Waals surface area contributed by atoms with E-state index in [1.165, 1.54) is 22.3 Å². The van der Waals surface area contributed by atoms with Crippen molar-refractivity contribution >= 4 is 0 Å². The standard InChI is InChI=1S/C16H22N2O/c1-5-6-17-10-15-18-9-14(19-15)16-12(3)7-11(2)8-13(16)4/h7-9,17H,5-6,10H2,1-4H3. The van der Waals surface area contributed by atoms with Gasteiger partial charge in [-0.25, -0.2) is 4.98 Å². The summed E-state index contributed by atoms with van der Waals surface area (Å²) in [5.74, 6) is 1.62. The lowest BCUT2D eigenvalue weighted by molar-refractivity contribution is 0.477. The van der Waals surface area contributed by atoms with Crippen molar-refractivity contribution in [3.63, 3.8) is 0 Å². The van der Waals surface area contributed by atoms with E-state index in [0.29, 0.717) is 6.54 Å². The minimum atomic E-state index is 0.692. The molecule has 102 valence electrons. The van der Waals surface area contributed by atoms with Gasteiger partial charge in [0.15, 0.2) is 5.76 Å². The number of benzene rings is 1. The van der Waals surface area contributed by atoms with Crippen molar-refractivity contribution in [1.29, 1.82) is 0 Å². The molecular weight excluding hydrogens is 236 g/mol. The first-order valence-electron chi connectivity index (χ1n) is 6.85. The van der Waals surface area contributed by atoms with Crippen LogP contribution in [0, 0.1) is 20.8 Å². The van der Waals surface area contributed by atoms with Crippen LogP contribution >= 0.6 is 0 Å². The summed E-state index contributed by atoms with van der Waals surface area (Å²) in [6, 6.07) is 4.36. The summed E-state index contributed by atoms with van der Waals surface area (Å²) in [5.41, 5.74) is 4.92. The van der Waals surface area contributed by atoms with Gasteiger partial charge in [-0.1, -0.05) is 24.6 Å². The third-order valence-corrected chi connectivity index (χ3v) is 3.18. The van der Waals surface area contributed by atoms with Gasteiger partial charge in [-0.15, -0.1) is 0 Å². The number of hydrogen-bond acceptors (Lipinski definition) is 3. The number of aromatic nitrogens is 1. The van der Waals surface area contributed by atoms with Crippen LogP contribution in [-0.2, 0) is 6.54 Å². The first kappa shape index (κ1) is 13.8. The first-order valence-corrected chi connectivity index (χ1v) is 6.85. The van der Waals surface area contributed by atoms with Crippen LogP contribution < -0.4 is 5.32 Å². The molecule has 0 bridgehead atoms. The Morgan fingerprint density at radius 3 is 2.47 bits per heavy atom. The lowest BCUT2D eigenvalue weighted by Gasteiger charge is -2.08. The molecular formula is C16H22N2O. The van der Waals surface area contributed by atoms with Gasteiger partial charge in [-0.2, -0.15) is 0 Å². The molecule has 3 nitrogen and oxygen atoms in total. The van der Waals surface area contributed by atoms with Gasteiger partial charge in [0.1, 0.15) is 0 Å². The smallest absolute Gasteiger partial charge is 0.208 e. The van der Waals surface area contributed by atoms with Crippen molar-refractivity contribution in [3.05, 3.63) is 40.9 Å². The molecule has 1 N–H and O–H groups in total. The van der Waals surface area contributed by atoms with Crippen LogP contribution in [0.5, 0.6) is 0 Å². The van der Waals surface area contributed by atoms with Crippen LogP contribution in [0.1, 0.15) is 35.9 Å². The molecule has 1 heterocycles. The fraction of sp³-hybridized carbons (Fsp3) is 0.438. The van der Waals surface area contributed by atoms with E-state index in [4.69, 9.17) is 4.42 Å². The fourth-order valence-corrected chi connectivity index (χ4v) is 2.45. The average Bonchev–Trinajstić information content (AvgIpc) is 2.76. The summed E-state index contributed by atoms with van der Waals surface area (Å²) in [4.78, 5) is 4.34. The lowest BCUT2D eigenvalue weighted by atomic mass is 9.98. The summed E-state index contributed by atoms with van der Waals surface area (Å²) >= 11 is 0. The summed E-state index contributed by atoms with van der Waals surface area (Å²) in [6.07, 6.45) is 2.94. The maximum absolute atomic E-state index is 5.84. The Kier molecular flexibility index (Phi) is 4.38. The van der Waals surface area contributed by atoms with Gasteiger partial charge in [-0.3, -0.25) is 0 Å². The molecule has 2 aromatic rings. The highest BCUT2D eigenvalue weighted by atomic mass is 16.4. The molecule has 0 radical (unpaired) electrons. The quantitative estimate of drug-likeness (QED) is 0.830. The highest BCUT2D eigenvalue weighted by Crippen LogP contribution is 2.28. The van der Waals surface area contributed by atoms with Crippen molar-refractivity contribution < 1.29 is 4.42 Å². The molecule has 2 rings (SSSR count). The molecule has 0 atom stereocenters. The Labute approximate surface area is 115 Å². The molecule has 0 aliphatic rings. The number of hydrogen-bond donors (Lipinski definition) is 1. The molecule has 0 fully saturated rings. The molecule has 0 spiro atoms. The SMILES string of the molecule is CCCNCc1ncc(-c2c(C)cc(C)cc2C)o1. The lowest BCUT2D eigenvalue weighted by Crippen LogP contribution is -2.13. The molecule has 0 saturated carbocycles. The van der Waals surface area contributed by atoms with Gasteiger partial charge in [-0.05, 0) is 44.9 Å². The van der Waals surface area contributed by atoms with Gasteiger partial charge in [0.2, 0.25) is 5.89 Å². The van der Waals surface area contributed by atoms with Crippen LogP contribution in [0.4, 0.5) is 0 Å². The van der Waals surface area contributed by atoms with Crippen LogP contribution in [0.15, 0.2) is 22.7 Å². The van der Waals surface area contributed by atoms with Crippen molar-refractivity contribution in [2.75, 3.05) is 6.54 Å². The zero-order valence-electron chi connectivity index (χ0n) is 12.2. The van der Waals surface area contributed by atoms with E-state index in [2.05, 4.69) is 50.1 Å². The highest BCUT2D eigenvalue weighted by Gasteiger charge is 2.11. The Bertz CT molecular complexity index is 535. The van der Waals surface area contributed by atoms with E-state index in [9.17, 15) is 0 Å². The minimum absolute atomic E-state index is 0.692. The van der Waals surface area contributed by atoms with E-state index < -0.39 is 0 Å². The molecule has 3 heteroatoms. The predicted octanol–water partition coefficient (Wildman–Crippen LogP) is 3.77. The van der Waals surface area contributed by atoms with Crippen molar-refractivity contribution in [2.45, 2.75) is 40.7 Å². The number of nitrogens with one attached hydrogen (secondary N) is 1. The van der Waals surface area contributed by atoms with E-state index >= 15 is 0 Å². The second-order valence-corrected chi connectivity index (χ2v) is 5.07. The van der Waals surface area contributed by atoms with E-state index in [0.717, 1.165) is 24.6 Å². The molecule has 0 amide bonds. The van der Waals surface area contributed by atoms with Crippen molar-refractivity contribution in [3.8, 4) is 11.3 Å². The molecule has 0 aliphatic heterocycles. The normalized spacial score (nSPS) is 10.9. The second-order valence-electron chi connectivity index (χ2n) is 5.07. The molecule has 1 aromatic heterocycles. The Morgan fingerprint density at radius 1 is 1.16 bits per heavy atom. The van der Waals surface area contributed by atoms with Crippen LogP contribution in [0.2, 0.25) is 0 Å². The number of rotatable bonds is 5. The van der Waals surface area contributed by atoms with Crippen LogP contribution in [0.25, 0.3) is 11.3 Å². The third-order valence-electron chi connectivity index (χ3n) is 3.18. The molecule has 0 unspecified atom stereocenters. The monoisotopic (exact) mass is 258 g/mol. The van der Waals surface area contributed by atoms with Gasteiger partial charge in [0.25, 0.3) is 0 Å². The summed E-state index contributed by atoms with van der Waals surface area (Å²) in [5, 5.41) is 3.30. The predicted molar refractivity (Wildman–Crippen MR) is 78.1 cm³/mol. The summed E-state index contributed by atoms with van der Waals surface area (Å²) < 4.78 is 5.84. The largest absolute Gasteiger partial charge is 0.439 e. The highest BCUT2D eigenvalue weighted by molar-refractivity contribution is 5.66. The van der Waals surface area contributed by atoms with E-state index in [-0.39, 0.29) is 0 Å². The number of aryl methyl sites for hydroxylation is 3. The zero-order valence-corrected chi connectivity index (χ0v) is 12.2. The molecule has 1 aromatic carbocycles. The van der Waals surface area contributed by atoms with Gasteiger partial charge in [0, 0.05) is 5.56 Å². The number of nitrogens with zero attached hydrogens (tertiary/aromatic N) is 1. The summed E-state index contributed by atoms with van der Waals surface area (Å²) in [7, 11) is 0. The minimum Gasteiger partial charge on any atom is -0.439 e. The zero-order chi connectivity index (χ0) is 13.8. The number of oxazole rings is 1. The van der Waals surface area contributed by atoms with Crippen LogP contribution in [-0.4, -0.2) is 11.5 Å². The van der Waals surface area contributed by atoms with Crippen molar-refractivity contribution in [1.82, 2.24) is 10.3 Å². The van der Waals surface area contributed by atoms with Gasteiger partial charge < -0.3 is 9.73 Å².